The van der Waals surface area contributed by atoms with Gasteiger partial charge in [0.25, 0.3) is 0 Å². The van der Waals surface area contributed by atoms with Crippen LogP contribution in [0.1, 0.15) is 30.7 Å². The largest absolute Gasteiger partial charge is 0.339 e. The molecule has 0 aliphatic rings. The fourth-order valence-electron chi connectivity index (χ4n) is 1.71. The van der Waals surface area contributed by atoms with E-state index in [4.69, 9.17) is 10.3 Å². The molecule has 0 amide bonds. The van der Waals surface area contributed by atoms with E-state index in [1.807, 2.05) is 6.92 Å². The maximum absolute atomic E-state index is 13.2. The highest BCUT2D eigenvalue weighted by Crippen LogP contribution is 2.22. The molecule has 1 unspecified atom stereocenters. The van der Waals surface area contributed by atoms with E-state index in [1.165, 1.54) is 6.07 Å². The molecular weight excluding hydrogens is 233 g/mol. The quantitative estimate of drug-likeness (QED) is 0.904. The Bertz CT molecular complexity index is 539. The van der Waals surface area contributed by atoms with Crippen LogP contribution in [-0.4, -0.2) is 16.7 Å². The zero-order chi connectivity index (χ0) is 13.1. The van der Waals surface area contributed by atoms with Crippen molar-refractivity contribution in [1.29, 1.82) is 0 Å². The monoisotopic (exact) mass is 249 g/mol. The molecule has 96 valence electrons. The molecule has 18 heavy (non-hydrogen) atoms. The van der Waals surface area contributed by atoms with Crippen LogP contribution in [0.15, 0.2) is 22.7 Å². The van der Waals surface area contributed by atoms with Gasteiger partial charge in [0.2, 0.25) is 11.7 Å². The molecule has 0 aliphatic heterocycles. The van der Waals surface area contributed by atoms with Crippen molar-refractivity contribution in [1.82, 2.24) is 10.1 Å². The summed E-state index contributed by atoms with van der Waals surface area (Å²) in [6, 6.07) is 4.76. The molecule has 1 atom stereocenters. The van der Waals surface area contributed by atoms with Crippen molar-refractivity contribution in [2.75, 3.05) is 6.54 Å². The van der Waals surface area contributed by atoms with Crippen LogP contribution in [0, 0.1) is 12.7 Å². The van der Waals surface area contributed by atoms with Crippen molar-refractivity contribution in [3.8, 4) is 11.4 Å². The van der Waals surface area contributed by atoms with E-state index in [2.05, 4.69) is 10.1 Å². The van der Waals surface area contributed by atoms with E-state index in [0.717, 1.165) is 12.0 Å². The number of hydrogen-bond donors (Lipinski definition) is 1. The van der Waals surface area contributed by atoms with Gasteiger partial charge in [-0.05, 0) is 43.7 Å². The Morgan fingerprint density at radius 2 is 2.22 bits per heavy atom. The van der Waals surface area contributed by atoms with Gasteiger partial charge in [0.1, 0.15) is 5.82 Å². The highest BCUT2D eigenvalue weighted by Gasteiger charge is 2.15. The molecule has 0 saturated carbocycles. The van der Waals surface area contributed by atoms with Gasteiger partial charge in [-0.2, -0.15) is 4.98 Å². The summed E-state index contributed by atoms with van der Waals surface area (Å²) in [6.45, 7) is 4.27. The van der Waals surface area contributed by atoms with Gasteiger partial charge >= 0.3 is 0 Å². The molecule has 1 aromatic carbocycles. The number of benzene rings is 1. The SMILES string of the molecule is Cc1cc(-c2noc(C(C)CCN)n2)ccc1F. The Kier molecular flexibility index (Phi) is 3.72. The molecule has 4 nitrogen and oxygen atoms in total. The molecule has 0 saturated heterocycles. The van der Waals surface area contributed by atoms with Gasteiger partial charge in [-0.15, -0.1) is 0 Å². The molecule has 2 rings (SSSR count). The summed E-state index contributed by atoms with van der Waals surface area (Å²) in [6.07, 6.45) is 0.796. The molecule has 1 heterocycles. The number of hydrogen-bond acceptors (Lipinski definition) is 4. The minimum atomic E-state index is -0.237. The summed E-state index contributed by atoms with van der Waals surface area (Å²) in [5, 5.41) is 3.91. The normalized spacial score (nSPS) is 12.7. The molecule has 0 spiro atoms. The second-order valence-electron chi connectivity index (χ2n) is 4.40. The average molecular weight is 249 g/mol. The zero-order valence-electron chi connectivity index (χ0n) is 10.5. The summed E-state index contributed by atoms with van der Waals surface area (Å²) < 4.78 is 18.4. The van der Waals surface area contributed by atoms with E-state index in [9.17, 15) is 4.39 Å². The first-order chi connectivity index (χ1) is 8.61. The summed E-state index contributed by atoms with van der Waals surface area (Å²) in [7, 11) is 0. The van der Waals surface area contributed by atoms with Crippen LogP contribution >= 0.6 is 0 Å². The van der Waals surface area contributed by atoms with Crippen molar-refractivity contribution in [2.45, 2.75) is 26.2 Å². The molecule has 0 bridgehead atoms. The van der Waals surface area contributed by atoms with Crippen LogP contribution in [0.5, 0.6) is 0 Å². The number of halogens is 1. The topological polar surface area (TPSA) is 64.9 Å². The second kappa shape index (κ2) is 5.27. The van der Waals surface area contributed by atoms with Gasteiger partial charge in [0, 0.05) is 11.5 Å². The summed E-state index contributed by atoms with van der Waals surface area (Å²) >= 11 is 0. The Hall–Kier alpha value is -1.75. The van der Waals surface area contributed by atoms with Gasteiger partial charge in [0.15, 0.2) is 0 Å². The summed E-state index contributed by atoms with van der Waals surface area (Å²) in [5.41, 5.74) is 6.81. The first kappa shape index (κ1) is 12.7. The third-order valence-corrected chi connectivity index (χ3v) is 2.88. The smallest absolute Gasteiger partial charge is 0.229 e. The molecule has 5 heteroatoms. The van der Waals surface area contributed by atoms with Crippen LogP contribution in [0.2, 0.25) is 0 Å². The lowest BCUT2D eigenvalue weighted by Gasteiger charge is -2.02. The predicted molar refractivity (Wildman–Crippen MR) is 66.5 cm³/mol. The number of rotatable bonds is 4. The first-order valence-corrected chi connectivity index (χ1v) is 5.92. The minimum absolute atomic E-state index is 0.137. The number of aryl methyl sites for hydroxylation is 1. The highest BCUT2D eigenvalue weighted by atomic mass is 19.1. The fraction of sp³-hybridized carbons (Fsp3) is 0.385. The van der Waals surface area contributed by atoms with E-state index < -0.39 is 0 Å². The van der Waals surface area contributed by atoms with Crippen molar-refractivity contribution >= 4 is 0 Å². The second-order valence-corrected chi connectivity index (χ2v) is 4.40. The molecule has 0 aliphatic carbocycles. The highest BCUT2D eigenvalue weighted by molar-refractivity contribution is 5.55. The number of aromatic nitrogens is 2. The van der Waals surface area contributed by atoms with Crippen molar-refractivity contribution in [2.24, 2.45) is 5.73 Å². The first-order valence-electron chi connectivity index (χ1n) is 5.92. The van der Waals surface area contributed by atoms with Crippen molar-refractivity contribution < 1.29 is 8.91 Å². The van der Waals surface area contributed by atoms with Gasteiger partial charge in [-0.1, -0.05) is 12.1 Å². The standard InChI is InChI=1S/C13H16FN3O/c1-8(5-6-15)13-16-12(17-18-13)10-3-4-11(14)9(2)7-10/h3-4,7-8H,5-6,15H2,1-2H3. The molecule has 2 N–H and O–H groups in total. The van der Waals surface area contributed by atoms with Crippen LogP contribution in [0.3, 0.4) is 0 Å². The van der Waals surface area contributed by atoms with Crippen molar-refractivity contribution in [3.05, 3.63) is 35.5 Å². The number of nitrogens with zero attached hydrogens (tertiary/aromatic N) is 2. The van der Waals surface area contributed by atoms with Gasteiger partial charge in [-0.25, -0.2) is 4.39 Å². The van der Waals surface area contributed by atoms with Gasteiger partial charge < -0.3 is 10.3 Å². The third-order valence-electron chi connectivity index (χ3n) is 2.88. The Labute approximate surface area is 105 Å². The van der Waals surface area contributed by atoms with Crippen LogP contribution in [-0.2, 0) is 0 Å². The lowest BCUT2D eigenvalue weighted by molar-refractivity contribution is 0.355. The average Bonchev–Trinajstić information content (AvgIpc) is 2.82. The van der Waals surface area contributed by atoms with Crippen LogP contribution in [0.4, 0.5) is 4.39 Å². The molecule has 2 aromatic rings. The predicted octanol–water partition coefficient (Wildman–Crippen LogP) is 2.64. The molecule has 1 aromatic heterocycles. The van der Waals surface area contributed by atoms with E-state index in [1.54, 1.807) is 19.1 Å². The van der Waals surface area contributed by atoms with E-state index in [-0.39, 0.29) is 11.7 Å². The van der Waals surface area contributed by atoms with Gasteiger partial charge in [0.05, 0.1) is 0 Å². The Morgan fingerprint density at radius 1 is 1.44 bits per heavy atom. The lowest BCUT2D eigenvalue weighted by Crippen LogP contribution is -2.04. The molecule has 0 radical (unpaired) electrons. The minimum Gasteiger partial charge on any atom is -0.339 e. The summed E-state index contributed by atoms with van der Waals surface area (Å²) in [4.78, 5) is 4.31. The maximum Gasteiger partial charge on any atom is 0.229 e. The third kappa shape index (κ3) is 2.56. The Morgan fingerprint density at radius 3 is 2.89 bits per heavy atom. The zero-order valence-corrected chi connectivity index (χ0v) is 10.5. The number of nitrogens with two attached hydrogens (primary N) is 1. The van der Waals surface area contributed by atoms with E-state index in [0.29, 0.717) is 23.8 Å². The van der Waals surface area contributed by atoms with Crippen LogP contribution < -0.4 is 5.73 Å². The molecular formula is C13H16FN3O. The van der Waals surface area contributed by atoms with E-state index >= 15 is 0 Å². The fourth-order valence-corrected chi connectivity index (χ4v) is 1.71. The van der Waals surface area contributed by atoms with Gasteiger partial charge in [-0.3, -0.25) is 0 Å². The van der Waals surface area contributed by atoms with Crippen molar-refractivity contribution in [3.63, 3.8) is 0 Å². The lowest BCUT2D eigenvalue weighted by atomic mass is 10.1. The van der Waals surface area contributed by atoms with Crippen LogP contribution in [0.25, 0.3) is 11.4 Å². The summed E-state index contributed by atoms with van der Waals surface area (Å²) in [5.74, 6) is 0.950. The maximum atomic E-state index is 13.2. The molecule has 0 fully saturated rings. The Balaban J connectivity index is 2.26.